The fraction of sp³-hybridized carbons (Fsp3) is 0.625. The van der Waals surface area contributed by atoms with E-state index in [1.165, 1.54) is 24.8 Å². The van der Waals surface area contributed by atoms with Gasteiger partial charge in [0, 0.05) is 13.7 Å². The SMILES string of the molecule is COCCNCC1CC1(C)CCc1ccccc1. The van der Waals surface area contributed by atoms with Crippen molar-refractivity contribution in [1.82, 2.24) is 5.32 Å². The Kier molecular flexibility index (Phi) is 4.79. The van der Waals surface area contributed by atoms with Crippen molar-refractivity contribution in [3.63, 3.8) is 0 Å². The molecule has 1 aromatic carbocycles. The second-order valence-electron chi connectivity index (χ2n) is 5.74. The van der Waals surface area contributed by atoms with Crippen molar-refractivity contribution in [2.75, 3.05) is 26.8 Å². The van der Waals surface area contributed by atoms with Crippen LogP contribution in [0, 0.1) is 11.3 Å². The third-order valence-electron chi connectivity index (χ3n) is 4.24. The third-order valence-corrected chi connectivity index (χ3v) is 4.24. The smallest absolute Gasteiger partial charge is 0.0587 e. The fourth-order valence-electron chi connectivity index (χ4n) is 2.65. The molecule has 2 atom stereocenters. The van der Waals surface area contributed by atoms with E-state index in [1.807, 2.05) is 0 Å². The molecule has 2 heteroatoms. The number of methoxy groups -OCH3 is 1. The van der Waals surface area contributed by atoms with Gasteiger partial charge in [0.05, 0.1) is 6.61 Å². The van der Waals surface area contributed by atoms with Crippen molar-refractivity contribution in [3.8, 4) is 0 Å². The van der Waals surface area contributed by atoms with E-state index in [0.29, 0.717) is 5.41 Å². The van der Waals surface area contributed by atoms with Crippen LogP contribution in [-0.4, -0.2) is 26.8 Å². The van der Waals surface area contributed by atoms with Crippen LogP contribution in [0.3, 0.4) is 0 Å². The number of rotatable bonds is 8. The van der Waals surface area contributed by atoms with E-state index in [9.17, 15) is 0 Å². The standard InChI is InChI=1S/C16H25NO/c1-16(9-8-14-6-4-3-5-7-14)12-15(16)13-17-10-11-18-2/h3-7,15,17H,8-13H2,1-2H3. The largest absolute Gasteiger partial charge is 0.383 e. The molecule has 2 unspecified atom stereocenters. The first-order valence-electron chi connectivity index (χ1n) is 6.98. The van der Waals surface area contributed by atoms with E-state index >= 15 is 0 Å². The Morgan fingerprint density at radius 2 is 2.11 bits per heavy atom. The first-order chi connectivity index (χ1) is 8.74. The summed E-state index contributed by atoms with van der Waals surface area (Å²) in [5, 5.41) is 3.48. The van der Waals surface area contributed by atoms with Gasteiger partial charge in [-0.2, -0.15) is 0 Å². The van der Waals surface area contributed by atoms with Gasteiger partial charge >= 0.3 is 0 Å². The average molecular weight is 247 g/mol. The molecule has 1 aliphatic rings. The maximum absolute atomic E-state index is 5.04. The van der Waals surface area contributed by atoms with Crippen molar-refractivity contribution in [1.29, 1.82) is 0 Å². The molecular weight excluding hydrogens is 222 g/mol. The van der Waals surface area contributed by atoms with Crippen LogP contribution in [0.15, 0.2) is 30.3 Å². The van der Waals surface area contributed by atoms with Crippen LogP contribution in [-0.2, 0) is 11.2 Å². The van der Waals surface area contributed by atoms with E-state index < -0.39 is 0 Å². The van der Waals surface area contributed by atoms with Gasteiger partial charge in [0.25, 0.3) is 0 Å². The van der Waals surface area contributed by atoms with E-state index in [4.69, 9.17) is 4.74 Å². The summed E-state index contributed by atoms with van der Waals surface area (Å²) in [6, 6.07) is 10.8. The zero-order valence-electron chi connectivity index (χ0n) is 11.6. The molecule has 0 aliphatic heterocycles. The summed E-state index contributed by atoms with van der Waals surface area (Å²) < 4.78 is 5.04. The predicted molar refractivity (Wildman–Crippen MR) is 75.7 cm³/mol. The first-order valence-corrected chi connectivity index (χ1v) is 6.98. The molecule has 0 amide bonds. The lowest BCUT2D eigenvalue weighted by Crippen LogP contribution is -2.23. The number of ether oxygens (including phenoxy) is 1. The summed E-state index contributed by atoms with van der Waals surface area (Å²) in [5.74, 6) is 0.859. The Morgan fingerprint density at radius 1 is 1.33 bits per heavy atom. The molecule has 2 nitrogen and oxygen atoms in total. The molecule has 1 N–H and O–H groups in total. The second-order valence-corrected chi connectivity index (χ2v) is 5.74. The molecule has 1 saturated carbocycles. The topological polar surface area (TPSA) is 21.3 Å². The summed E-state index contributed by atoms with van der Waals surface area (Å²) in [6.45, 7) is 5.36. The number of benzene rings is 1. The van der Waals surface area contributed by atoms with Crippen LogP contribution in [0.25, 0.3) is 0 Å². The van der Waals surface area contributed by atoms with E-state index in [-0.39, 0.29) is 0 Å². The molecule has 0 radical (unpaired) electrons. The first kappa shape index (κ1) is 13.6. The summed E-state index contributed by atoms with van der Waals surface area (Å²) in [6.07, 6.45) is 3.90. The molecule has 0 heterocycles. The van der Waals surface area contributed by atoms with Gasteiger partial charge in [0.2, 0.25) is 0 Å². The molecule has 0 saturated heterocycles. The second kappa shape index (κ2) is 6.35. The van der Waals surface area contributed by atoms with Crippen LogP contribution in [0.5, 0.6) is 0 Å². The third kappa shape index (κ3) is 3.82. The zero-order valence-corrected chi connectivity index (χ0v) is 11.6. The number of hydrogen-bond acceptors (Lipinski definition) is 2. The Labute approximate surface area is 111 Å². The molecule has 0 aromatic heterocycles. The maximum atomic E-state index is 5.04. The molecule has 100 valence electrons. The Balaban J connectivity index is 1.65. The summed E-state index contributed by atoms with van der Waals surface area (Å²) in [4.78, 5) is 0. The Bertz CT molecular complexity index is 351. The van der Waals surface area contributed by atoms with E-state index in [2.05, 4.69) is 42.6 Å². The van der Waals surface area contributed by atoms with Gasteiger partial charge < -0.3 is 10.1 Å². The highest BCUT2D eigenvalue weighted by molar-refractivity contribution is 5.16. The van der Waals surface area contributed by atoms with Gasteiger partial charge in [-0.05, 0) is 42.7 Å². The van der Waals surface area contributed by atoms with Crippen molar-refractivity contribution < 1.29 is 4.74 Å². The minimum Gasteiger partial charge on any atom is -0.383 e. The summed E-state index contributed by atoms with van der Waals surface area (Å²) >= 11 is 0. The fourth-order valence-corrected chi connectivity index (χ4v) is 2.65. The average Bonchev–Trinajstić information content (AvgIpc) is 3.05. The minimum atomic E-state index is 0.565. The van der Waals surface area contributed by atoms with Crippen molar-refractivity contribution in [2.24, 2.45) is 11.3 Å². The highest BCUT2D eigenvalue weighted by atomic mass is 16.5. The molecule has 2 rings (SSSR count). The van der Waals surface area contributed by atoms with Crippen LogP contribution < -0.4 is 5.32 Å². The van der Waals surface area contributed by atoms with Gasteiger partial charge in [-0.1, -0.05) is 37.3 Å². The van der Waals surface area contributed by atoms with E-state index in [0.717, 1.165) is 25.6 Å². The molecule has 0 bridgehead atoms. The Morgan fingerprint density at radius 3 is 2.83 bits per heavy atom. The number of hydrogen-bond donors (Lipinski definition) is 1. The lowest BCUT2D eigenvalue weighted by molar-refractivity contribution is 0.198. The molecule has 1 aliphatic carbocycles. The number of nitrogens with one attached hydrogen (secondary N) is 1. The normalized spacial score (nSPS) is 26.2. The quantitative estimate of drug-likeness (QED) is 0.713. The summed E-state index contributed by atoms with van der Waals surface area (Å²) in [7, 11) is 1.75. The van der Waals surface area contributed by atoms with Crippen molar-refractivity contribution >= 4 is 0 Å². The van der Waals surface area contributed by atoms with Crippen LogP contribution in [0.1, 0.15) is 25.3 Å². The van der Waals surface area contributed by atoms with Crippen LogP contribution in [0.4, 0.5) is 0 Å². The highest BCUT2D eigenvalue weighted by Crippen LogP contribution is 2.54. The van der Waals surface area contributed by atoms with E-state index in [1.54, 1.807) is 7.11 Å². The monoisotopic (exact) mass is 247 g/mol. The zero-order chi connectivity index (χ0) is 12.8. The maximum Gasteiger partial charge on any atom is 0.0587 e. The Hall–Kier alpha value is -0.860. The molecule has 1 aromatic rings. The van der Waals surface area contributed by atoms with Crippen molar-refractivity contribution in [3.05, 3.63) is 35.9 Å². The lowest BCUT2D eigenvalue weighted by atomic mass is 9.96. The molecular formula is C16H25NO. The van der Waals surface area contributed by atoms with Gasteiger partial charge in [0.1, 0.15) is 0 Å². The van der Waals surface area contributed by atoms with Gasteiger partial charge in [0.15, 0.2) is 0 Å². The van der Waals surface area contributed by atoms with Gasteiger partial charge in [-0.15, -0.1) is 0 Å². The van der Waals surface area contributed by atoms with Crippen molar-refractivity contribution in [2.45, 2.75) is 26.2 Å². The summed E-state index contributed by atoms with van der Waals surface area (Å²) in [5.41, 5.74) is 2.03. The van der Waals surface area contributed by atoms with Gasteiger partial charge in [-0.25, -0.2) is 0 Å². The highest BCUT2D eigenvalue weighted by Gasteiger charge is 2.48. The lowest BCUT2D eigenvalue weighted by Gasteiger charge is -2.12. The number of aryl methyl sites for hydroxylation is 1. The van der Waals surface area contributed by atoms with Gasteiger partial charge in [-0.3, -0.25) is 0 Å². The van der Waals surface area contributed by atoms with Crippen LogP contribution >= 0.6 is 0 Å². The van der Waals surface area contributed by atoms with Crippen LogP contribution in [0.2, 0.25) is 0 Å². The minimum absolute atomic E-state index is 0.565. The molecule has 0 spiro atoms. The predicted octanol–water partition coefficient (Wildman–Crippen LogP) is 2.88. The molecule has 1 fully saturated rings. The molecule has 18 heavy (non-hydrogen) atoms.